The normalized spacial score (nSPS) is 25.2. The van der Waals surface area contributed by atoms with Gasteiger partial charge in [-0.15, -0.1) is 0 Å². The van der Waals surface area contributed by atoms with E-state index in [4.69, 9.17) is 0 Å². The van der Waals surface area contributed by atoms with Crippen LogP contribution in [0.15, 0.2) is 95.7 Å². The molecule has 4 aliphatic carbocycles. The SMILES string of the molecule is C1=CC(C2=CC(C3C=CC=C3)=C2C2C=CC=C2)C=C1. The highest BCUT2D eigenvalue weighted by Gasteiger charge is 2.31. The van der Waals surface area contributed by atoms with Crippen LogP contribution in [0.3, 0.4) is 0 Å². The average molecular weight is 244 g/mol. The standard InChI is InChI=1S/C19H16/c1-2-8-14(7-1)17-13-18(15-9-3-4-10-15)19(17)16-11-5-6-12-16/h1-16H. The van der Waals surface area contributed by atoms with E-state index in [1.807, 2.05) is 0 Å². The van der Waals surface area contributed by atoms with Gasteiger partial charge in [0.25, 0.3) is 0 Å². The summed E-state index contributed by atoms with van der Waals surface area (Å²) >= 11 is 0. The van der Waals surface area contributed by atoms with Crippen molar-refractivity contribution in [3.8, 4) is 0 Å². The predicted octanol–water partition coefficient (Wildman–Crippen LogP) is 4.45. The Morgan fingerprint density at radius 1 is 0.526 bits per heavy atom. The number of hydrogen-bond acceptors (Lipinski definition) is 0. The highest BCUT2D eigenvalue weighted by molar-refractivity contribution is 5.63. The Balaban J connectivity index is 1.69. The van der Waals surface area contributed by atoms with Gasteiger partial charge in [0, 0.05) is 17.8 Å². The molecule has 0 saturated heterocycles. The van der Waals surface area contributed by atoms with Gasteiger partial charge in [-0.3, -0.25) is 0 Å². The van der Waals surface area contributed by atoms with E-state index < -0.39 is 0 Å². The van der Waals surface area contributed by atoms with Crippen molar-refractivity contribution in [3.05, 3.63) is 95.7 Å². The summed E-state index contributed by atoms with van der Waals surface area (Å²) in [5.74, 6) is 1.44. The van der Waals surface area contributed by atoms with E-state index in [9.17, 15) is 0 Å². The van der Waals surface area contributed by atoms with E-state index in [0.29, 0.717) is 17.8 Å². The Hall–Kier alpha value is -2.08. The maximum Gasteiger partial charge on any atom is 0.0211 e. The van der Waals surface area contributed by atoms with Crippen LogP contribution < -0.4 is 0 Å². The van der Waals surface area contributed by atoms with Gasteiger partial charge in [-0.25, -0.2) is 0 Å². The van der Waals surface area contributed by atoms with Gasteiger partial charge in [0.15, 0.2) is 0 Å². The van der Waals surface area contributed by atoms with Crippen LogP contribution in [0.1, 0.15) is 0 Å². The molecule has 4 rings (SSSR count). The van der Waals surface area contributed by atoms with Crippen molar-refractivity contribution < 1.29 is 0 Å². The molecule has 0 spiro atoms. The van der Waals surface area contributed by atoms with Crippen LogP contribution in [-0.4, -0.2) is 0 Å². The smallest absolute Gasteiger partial charge is 0.0211 e. The van der Waals surface area contributed by atoms with Crippen LogP contribution in [0.2, 0.25) is 0 Å². The minimum Gasteiger partial charge on any atom is -0.0732 e. The van der Waals surface area contributed by atoms with E-state index >= 15 is 0 Å². The van der Waals surface area contributed by atoms with Gasteiger partial charge < -0.3 is 0 Å². The van der Waals surface area contributed by atoms with Crippen molar-refractivity contribution in [3.63, 3.8) is 0 Å². The number of hydrogen-bond donors (Lipinski definition) is 0. The largest absolute Gasteiger partial charge is 0.0732 e. The molecule has 0 bridgehead atoms. The second-order valence-electron chi connectivity index (χ2n) is 5.36. The van der Waals surface area contributed by atoms with Crippen molar-refractivity contribution >= 4 is 0 Å². The highest BCUT2D eigenvalue weighted by atomic mass is 14.4. The first-order valence-corrected chi connectivity index (χ1v) is 6.94. The number of rotatable bonds is 3. The molecular formula is C19H16. The lowest BCUT2D eigenvalue weighted by Crippen LogP contribution is -2.19. The Labute approximate surface area is 114 Å². The molecule has 4 aliphatic rings. The third kappa shape index (κ3) is 1.67. The van der Waals surface area contributed by atoms with Crippen molar-refractivity contribution in [1.82, 2.24) is 0 Å². The van der Waals surface area contributed by atoms with Gasteiger partial charge in [0.2, 0.25) is 0 Å². The van der Waals surface area contributed by atoms with E-state index in [2.05, 4.69) is 79.0 Å². The summed E-state index contributed by atoms with van der Waals surface area (Å²) in [5.41, 5.74) is 4.53. The van der Waals surface area contributed by atoms with Crippen molar-refractivity contribution in [2.24, 2.45) is 17.8 Å². The molecule has 0 aromatic heterocycles. The first-order valence-electron chi connectivity index (χ1n) is 6.94. The predicted molar refractivity (Wildman–Crippen MR) is 80.4 cm³/mol. The van der Waals surface area contributed by atoms with Gasteiger partial charge in [0.1, 0.15) is 0 Å². The molecule has 0 N–H and O–H groups in total. The van der Waals surface area contributed by atoms with Gasteiger partial charge in [-0.1, -0.05) is 79.0 Å². The molecule has 0 heteroatoms. The molecule has 0 amide bonds. The fraction of sp³-hybridized carbons (Fsp3) is 0.158. The summed E-state index contributed by atoms with van der Waals surface area (Å²) in [6, 6.07) is 0. The third-order valence-electron chi connectivity index (χ3n) is 4.23. The summed E-state index contributed by atoms with van der Waals surface area (Å²) < 4.78 is 0. The Bertz CT molecular complexity index is 606. The van der Waals surface area contributed by atoms with Crippen molar-refractivity contribution in [2.75, 3.05) is 0 Å². The Morgan fingerprint density at radius 2 is 1.00 bits per heavy atom. The van der Waals surface area contributed by atoms with Crippen molar-refractivity contribution in [1.29, 1.82) is 0 Å². The maximum absolute atomic E-state index is 2.39. The molecule has 0 aromatic rings. The van der Waals surface area contributed by atoms with E-state index in [1.54, 1.807) is 0 Å². The van der Waals surface area contributed by atoms with Crippen LogP contribution in [0.25, 0.3) is 0 Å². The minimum atomic E-state index is 0.472. The summed E-state index contributed by atoms with van der Waals surface area (Å²) in [5, 5.41) is 0. The first-order chi connectivity index (χ1) is 9.43. The van der Waals surface area contributed by atoms with Crippen LogP contribution in [0.5, 0.6) is 0 Å². The molecular weight excluding hydrogens is 228 g/mol. The zero-order valence-electron chi connectivity index (χ0n) is 10.7. The van der Waals surface area contributed by atoms with Crippen LogP contribution in [0, 0.1) is 17.8 Å². The lowest BCUT2D eigenvalue weighted by molar-refractivity contribution is 0.815. The monoisotopic (exact) mass is 244 g/mol. The third-order valence-corrected chi connectivity index (χ3v) is 4.23. The lowest BCUT2D eigenvalue weighted by atomic mass is 9.71. The lowest BCUT2D eigenvalue weighted by Gasteiger charge is -2.32. The van der Waals surface area contributed by atoms with Crippen LogP contribution >= 0.6 is 0 Å². The van der Waals surface area contributed by atoms with Gasteiger partial charge in [-0.05, 0) is 16.7 Å². The molecule has 0 aromatic carbocycles. The summed E-state index contributed by atoms with van der Waals surface area (Å²) in [4.78, 5) is 0. The molecule has 19 heavy (non-hydrogen) atoms. The molecule has 0 saturated carbocycles. The van der Waals surface area contributed by atoms with Gasteiger partial charge in [0.05, 0.1) is 0 Å². The average Bonchev–Trinajstić information content (AvgIpc) is 3.11. The fourth-order valence-corrected chi connectivity index (χ4v) is 3.25. The molecule has 0 aliphatic heterocycles. The minimum absolute atomic E-state index is 0.472. The summed E-state index contributed by atoms with van der Waals surface area (Å²) in [6.07, 6.45) is 29.0. The molecule has 0 fully saturated rings. The highest BCUT2D eigenvalue weighted by Crippen LogP contribution is 2.45. The van der Waals surface area contributed by atoms with Gasteiger partial charge >= 0.3 is 0 Å². The first kappa shape index (κ1) is 10.8. The molecule has 92 valence electrons. The maximum atomic E-state index is 2.39. The summed E-state index contributed by atoms with van der Waals surface area (Å²) in [7, 11) is 0. The van der Waals surface area contributed by atoms with E-state index in [1.165, 1.54) is 16.7 Å². The van der Waals surface area contributed by atoms with Gasteiger partial charge in [-0.2, -0.15) is 0 Å². The molecule has 0 atom stereocenters. The molecule has 0 heterocycles. The quantitative estimate of drug-likeness (QED) is 0.688. The second-order valence-corrected chi connectivity index (χ2v) is 5.36. The Kier molecular flexibility index (Phi) is 2.41. The van der Waals surface area contributed by atoms with Crippen molar-refractivity contribution in [2.45, 2.75) is 0 Å². The topological polar surface area (TPSA) is 0 Å². The van der Waals surface area contributed by atoms with Crippen LogP contribution in [-0.2, 0) is 0 Å². The fourth-order valence-electron chi connectivity index (χ4n) is 3.25. The summed E-state index contributed by atoms with van der Waals surface area (Å²) in [6.45, 7) is 0. The van der Waals surface area contributed by atoms with E-state index in [-0.39, 0.29) is 0 Å². The molecule has 0 nitrogen and oxygen atoms in total. The number of allylic oxidation sites excluding steroid dienone is 16. The molecule has 0 unspecified atom stereocenters. The van der Waals surface area contributed by atoms with Crippen LogP contribution in [0.4, 0.5) is 0 Å². The molecule has 0 radical (unpaired) electrons. The Morgan fingerprint density at radius 3 is 1.58 bits per heavy atom. The second kappa shape index (κ2) is 4.24. The zero-order valence-corrected chi connectivity index (χ0v) is 10.7. The zero-order chi connectivity index (χ0) is 12.7. The van der Waals surface area contributed by atoms with E-state index in [0.717, 1.165) is 0 Å².